The van der Waals surface area contributed by atoms with Crippen LogP contribution < -0.4 is 5.32 Å². The summed E-state index contributed by atoms with van der Waals surface area (Å²) in [7, 11) is 0. The zero-order valence-electron chi connectivity index (χ0n) is 11.8. The Bertz CT molecular complexity index is 340. The van der Waals surface area contributed by atoms with Gasteiger partial charge in [0.05, 0.1) is 5.54 Å². The maximum Gasteiger partial charge on any atom is 0.242 e. The number of nitrogens with zero attached hydrogens (tertiary/aromatic N) is 1. The van der Waals surface area contributed by atoms with E-state index in [-0.39, 0.29) is 5.54 Å². The van der Waals surface area contributed by atoms with Gasteiger partial charge >= 0.3 is 0 Å². The van der Waals surface area contributed by atoms with Crippen molar-refractivity contribution in [3.63, 3.8) is 0 Å². The molecule has 1 aliphatic heterocycles. The first-order chi connectivity index (χ1) is 8.53. The van der Waals surface area contributed by atoms with Gasteiger partial charge in [-0.2, -0.15) is 0 Å². The van der Waals surface area contributed by atoms with Gasteiger partial charge < -0.3 is 10.2 Å². The topological polar surface area (TPSA) is 32.3 Å². The largest absolute Gasteiger partial charge is 0.338 e. The molecule has 18 heavy (non-hydrogen) atoms. The highest BCUT2D eigenvalue weighted by atomic mass is 16.2. The quantitative estimate of drug-likeness (QED) is 0.774. The minimum Gasteiger partial charge on any atom is -0.338 e. The molecule has 1 amide bonds. The lowest BCUT2D eigenvalue weighted by molar-refractivity contribution is -0.139. The smallest absolute Gasteiger partial charge is 0.242 e. The molecule has 3 nitrogen and oxygen atoms in total. The zero-order chi connectivity index (χ0) is 12.8. The molecular weight excluding hydrogens is 224 g/mol. The third-order valence-corrected chi connectivity index (χ3v) is 5.18. The molecule has 1 N–H and O–H groups in total. The van der Waals surface area contributed by atoms with E-state index < -0.39 is 0 Å². The highest BCUT2D eigenvalue weighted by molar-refractivity contribution is 5.86. The Kier molecular flexibility index (Phi) is 2.92. The summed E-state index contributed by atoms with van der Waals surface area (Å²) in [6, 6.07) is 0.517. The van der Waals surface area contributed by atoms with Gasteiger partial charge in [0.1, 0.15) is 0 Å². The van der Waals surface area contributed by atoms with Crippen LogP contribution in [-0.4, -0.2) is 35.5 Å². The monoisotopic (exact) mass is 250 g/mol. The summed E-state index contributed by atoms with van der Waals surface area (Å²) in [4.78, 5) is 15.0. The van der Waals surface area contributed by atoms with E-state index >= 15 is 0 Å². The normalized spacial score (nSPS) is 31.4. The van der Waals surface area contributed by atoms with E-state index in [4.69, 9.17) is 0 Å². The number of amides is 1. The van der Waals surface area contributed by atoms with E-state index in [0.29, 0.717) is 17.4 Å². The van der Waals surface area contributed by atoms with Crippen LogP contribution in [0.5, 0.6) is 0 Å². The van der Waals surface area contributed by atoms with Gasteiger partial charge in [0, 0.05) is 24.5 Å². The molecule has 3 fully saturated rings. The average Bonchev–Trinajstić information content (AvgIpc) is 3.15. The highest BCUT2D eigenvalue weighted by Crippen LogP contribution is 2.48. The van der Waals surface area contributed by atoms with Gasteiger partial charge in [-0.05, 0) is 39.5 Å². The second-order valence-electron chi connectivity index (χ2n) is 7.20. The molecule has 0 atom stereocenters. The fraction of sp³-hybridized carbons (Fsp3) is 0.933. The lowest BCUT2D eigenvalue weighted by atomic mass is 9.92. The van der Waals surface area contributed by atoms with Crippen molar-refractivity contribution < 1.29 is 4.79 Å². The van der Waals surface area contributed by atoms with Crippen molar-refractivity contribution in [2.45, 2.75) is 70.4 Å². The van der Waals surface area contributed by atoms with Crippen LogP contribution in [0.2, 0.25) is 0 Å². The van der Waals surface area contributed by atoms with Gasteiger partial charge in [-0.1, -0.05) is 19.3 Å². The van der Waals surface area contributed by atoms with E-state index in [1.54, 1.807) is 0 Å². The van der Waals surface area contributed by atoms with Crippen LogP contribution in [0.3, 0.4) is 0 Å². The minimum absolute atomic E-state index is 0.332. The molecule has 0 aromatic carbocycles. The Balaban J connectivity index is 1.81. The third-order valence-electron chi connectivity index (χ3n) is 5.18. The molecule has 2 aliphatic carbocycles. The van der Waals surface area contributed by atoms with E-state index in [0.717, 1.165) is 13.1 Å². The second kappa shape index (κ2) is 4.22. The molecule has 1 spiro atoms. The van der Waals surface area contributed by atoms with Crippen molar-refractivity contribution in [3.05, 3.63) is 0 Å². The van der Waals surface area contributed by atoms with Crippen LogP contribution in [0.25, 0.3) is 0 Å². The maximum atomic E-state index is 12.7. The van der Waals surface area contributed by atoms with Gasteiger partial charge in [-0.3, -0.25) is 4.79 Å². The van der Waals surface area contributed by atoms with Crippen LogP contribution in [-0.2, 0) is 4.79 Å². The van der Waals surface area contributed by atoms with Crippen molar-refractivity contribution in [1.29, 1.82) is 0 Å². The van der Waals surface area contributed by atoms with Gasteiger partial charge in [0.15, 0.2) is 0 Å². The third kappa shape index (κ3) is 2.18. The molecular formula is C15H26N2O. The summed E-state index contributed by atoms with van der Waals surface area (Å²) >= 11 is 0. The van der Waals surface area contributed by atoms with Gasteiger partial charge in [-0.15, -0.1) is 0 Å². The van der Waals surface area contributed by atoms with Crippen molar-refractivity contribution in [2.24, 2.45) is 5.41 Å². The highest BCUT2D eigenvalue weighted by Gasteiger charge is 2.51. The van der Waals surface area contributed by atoms with E-state index in [1.165, 1.54) is 44.9 Å². The van der Waals surface area contributed by atoms with Crippen molar-refractivity contribution in [1.82, 2.24) is 10.2 Å². The lowest BCUT2D eigenvalue weighted by Crippen LogP contribution is -2.54. The molecule has 1 heterocycles. The standard InChI is InChI=1S/C15H26N2O/c1-14(2)13(18)17(12-6-4-3-5-7-12)11-15(8-9-15)10-16-14/h12,16H,3-11H2,1-2H3. The fourth-order valence-electron chi connectivity index (χ4n) is 3.53. The molecule has 0 aromatic rings. The Hall–Kier alpha value is -0.570. The number of rotatable bonds is 1. The molecule has 3 rings (SSSR count). The summed E-state index contributed by atoms with van der Waals surface area (Å²) in [5, 5.41) is 3.50. The predicted molar refractivity (Wildman–Crippen MR) is 72.3 cm³/mol. The zero-order valence-corrected chi connectivity index (χ0v) is 11.8. The maximum absolute atomic E-state index is 12.7. The first-order valence-corrected chi connectivity index (χ1v) is 7.59. The Morgan fingerprint density at radius 3 is 2.44 bits per heavy atom. The van der Waals surface area contributed by atoms with Crippen LogP contribution in [0.15, 0.2) is 0 Å². The number of carbonyl (C=O) groups excluding carboxylic acids is 1. The number of carbonyl (C=O) groups is 1. The summed E-state index contributed by atoms with van der Waals surface area (Å²) in [6.45, 7) is 6.13. The molecule has 3 aliphatic rings. The molecule has 3 heteroatoms. The molecule has 1 saturated heterocycles. The van der Waals surface area contributed by atoms with Crippen LogP contribution in [0.1, 0.15) is 58.8 Å². The van der Waals surface area contributed by atoms with Gasteiger partial charge in [-0.25, -0.2) is 0 Å². The van der Waals surface area contributed by atoms with Gasteiger partial charge in [0.25, 0.3) is 0 Å². The van der Waals surface area contributed by atoms with Crippen molar-refractivity contribution >= 4 is 5.91 Å². The number of hydrogen-bond acceptors (Lipinski definition) is 2. The number of hydrogen-bond donors (Lipinski definition) is 1. The fourth-order valence-corrected chi connectivity index (χ4v) is 3.53. The Morgan fingerprint density at radius 2 is 1.83 bits per heavy atom. The molecule has 102 valence electrons. The predicted octanol–water partition coefficient (Wildman–Crippen LogP) is 2.31. The summed E-state index contributed by atoms with van der Waals surface area (Å²) in [6.07, 6.45) is 8.99. The molecule has 2 saturated carbocycles. The van der Waals surface area contributed by atoms with E-state index in [9.17, 15) is 4.79 Å². The molecule has 0 aromatic heterocycles. The average molecular weight is 250 g/mol. The summed E-state index contributed by atoms with van der Waals surface area (Å²) < 4.78 is 0. The Labute approximate surface area is 110 Å². The second-order valence-corrected chi connectivity index (χ2v) is 7.20. The molecule has 0 radical (unpaired) electrons. The molecule has 0 bridgehead atoms. The van der Waals surface area contributed by atoms with Gasteiger partial charge in [0.2, 0.25) is 5.91 Å². The first-order valence-electron chi connectivity index (χ1n) is 7.59. The minimum atomic E-state index is -0.371. The summed E-state index contributed by atoms with van der Waals surface area (Å²) in [5.41, 5.74) is 0.0460. The summed E-state index contributed by atoms with van der Waals surface area (Å²) in [5.74, 6) is 0.332. The van der Waals surface area contributed by atoms with Crippen LogP contribution in [0, 0.1) is 5.41 Å². The van der Waals surface area contributed by atoms with Crippen molar-refractivity contribution in [2.75, 3.05) is 13.1 Å². The first kappa shape index (κ1) is 12.5. The lowest BCUT2D eigenvalue weighted by Gasteiger charge is -2.38. The Morgan fingerprint density at radius 1 is 1.17 bits per heavy atom. The van der Waals surface area contributed by atoms with E-state index in [1.807, 2.05) is 13.8 Å². The molecule has 0 unspecified atom stereocenters. The van der Waals surface area contributed by atoms with Crippen LogP contribution in [0.4, 0.5) is 0 Å². The SMILES string of the molecule is CC1(C)NCC2(CC2)CN(C2CCCCC2)C1=O. The van der Waals surface area contributed by atoms with E-state index in [2.05, 4.69) is 10.2 Å². The number of nitrogens with one attached hydrogen (secondary N) is 1. The van der Waals surface area contributed by atoms with Crippen molar-refractivity contribution in [3.8, 4) is 0 Å². The van der Waals surface area contributed by atoms with Crippen LogP contribution >= 0.6 is 0 Å².